The molecule has 0 aliphatic carbocycles. The van der Waals surface area contributed by atoms with Crippen LogP contribution in [-0.2, 0) is 10.7 Å². The smallest absolute Gasteiger partial charge is 0.379 e. The van der Waals surface area contributed by atoms with E-state index >= 15 is 0 Å². The number of rotatable bonds is 4. The van der Waals surface area contributed by atoms with Gasteiger partial charge in [0.1, 0.15) is 5.75 Å². The Hall–Kier alpha value is -1.65. The Kier molecular flexibility index (Phi) is 3.70. The van der Waals surface area contributed by atoms with Gasteiger partial charge >= 0.3 is 11.9 Å². The molecule has 3 nitrogen and oxygen atoms in total. The van der Waals surface area contributed by atoms with Gasteiger partial charge in [-0.05, 0) is 29.7 Å². The Balaban J connectivity index is 3.30. The normalized spacial score (nSPS) is 11.6. The fourth-order valence-corrected chi connectivity index (χ4v) is 1.50. The van der Waals surface area contributed by atoms with Crippen molar-refractivity contribution < 1.29 is 23.4 Å². The Labute approximate surface area is 98.0 Å². The number of alkyl halides is 2. The van der Waals surface area contributed by atoms with Gasteiger partial charge in [0, 0.05) is 5.56 Å². The van der Waals surface area contributed by atoms with E-state index < -0.39 is 17.5 Å². The van der Waals surface area contributed by atoms with Gasteiger partial charge in [0.05, 0.1) is 7.11 Å². The van der Waals surface area contributed by atoms with E-state index in [9.17, 15) is 13.6 Å². The molecule has 17 heavy (non-hydrogen) atoms. The van der Waals surface area contributed by atoms with Crippen LogP contribution in [-0.4, -0.2) is 18.2 Å². The molecule has 0 atom stereocenters. The highest BCUT2D eigenvalue weighted by Crippen LogP contribution is 2.34. The lowest BCUT2D eigenvalue weighted by atomic mass is 9.97. The largest absolute Gasteiger partial charge is 0.496 e. The summed E-state index contributed by atoms with van der Waals surface area (Å²) in [5, 5.41) is 8.47. The van der Waals surface area contributed by atoms with Crippen LogP contribution in [0.3, 0.4) is 0 Å². The van der Waals surface area contributed by atoms with Gasteiger partial charge in [-0.15, -0.1) is 0 Å². The molecule has 0 fully saturated rings. The van der Waals surface area contributed by atoms with Crippen LogP contribution in [0.15, 0.2) is 18.2 Å². The maximum atomic E-state index is 13.3. The molecule has 0 spiro atoms. The molecular weight excluding hydrogens is 230 g/mol. The zero-order valence-electron chi connectivity index (χ0n) is 9.83. The summed E-state index contributed by atoms with van der Waals surface area (Å²) in [7, 11) is 1.44. The quantitative estimate of drug-likeness (QED) is 0.885. The molecule has 1 aromatic rings. The lowest BCUT2D eigenvalue weighted by molar-refractivity contribution is -0.166. The van der Waals surface area contributed by atoms with E-state index in [1.165, 1.54) is 19.2 Å². The van der Waals surface area contributed by atoms with Crippen molar-refractivity contribution in [3.63, 3.8) is 0 Å². The number of aliphatic carboxylic acids is 1. The molecule has 1 aromatic carbocycles. The summed E-state index contributed by atoms with van der Waals surface area (Å²) in [6.07, 6.45) is 0. The number of hydrogen-bond acceptors (Lipinski definition) is 2. The molecule has 1 N–H and O–H groups in total. The van der Waals surface area contributed by atoms with Crippen molar-refractivity contribution in [1.82, 2.24) is 0 Å². The van der Waals surface area contributed by atoms with Crippen LogP contribution < -0.4 is 4.74 Å². The van der Waals surface area contributed by atoms with E-state index in [4.69, 9.17) is 9.84 Å². The number of hydrogen-bond donors (Lipinski definition) is 1. The summed E-state index contributed by atoms with van der Waals surface area (Å²) in [5.74, 6) is -5.59. The molecule has 0 saturated carbocycles. The van der Waals surface area contributed by atoms with Gasteiger partial charge < -0.3 is 9.84 Å². The zero-order chi connectivity index (χ0) is 13.2. The lowest BCUT2D eigenvalue weighted by Gasteiger charge is -2.16. The third-order valence-electron chi connectivity index (χ3n) is 2.48. The standard InChI is InChI=1S/C12H14F2O3/c1-7(2)9-6-8(4-5-10(9)17-3)12(13,14)11(15)16/h4-7H,1-3H3,(H,15,16). The minimum atomic E-state index is -3.88. The fraction of sp³-hybridized carbons (Fsp3) is 0.417. The summed E-state index contributed by atoms with van der Waals surface area (Å²) >= 11 is 0. The summed E-state index contributed by atoms with van der Waals surface area (Å²) in [6, 6.07) is 3.61. The maximum absolute atomic E-state index is 13.3. The van der Waals surface area contributed by atoms with Gasteiger partial charge in [-0.25, -0.2) is 4.79 Å². The molecule has 5 heteroatoms. The van der Waals surface area contributed by atoms with Gasteiger partial charge in [-0.1, -0.05) is 13.8 Å². The van der Waals surface area contributed by atoms with Gasteiger partial charge in [0.25, 0.3) is 0 Å². The average molecular weight is 244 g/mol. The minimum absolute atomic E-state index is 0.0329. The number of halogens is 2. The molecule has 0 bridgehead atoms. The Morgan fingerprint density at radius 1 is 1.41 bits per heavy atom. The first-order chi connectivity index (χ1) is 7.80. The Bertz CT molecular complexity index is 428. The minimum Gasteiger partial charge on any atom is -0.496 e. The van der Waals surface area contributed by atoms with Crippen molar-refractivity contribution in [2.45, 2.75) is 25.7 Å². The van der Waals surface area contributed by atoms with E-state index in [1.54, 1.807) is 0 Å². The van der Waals surface area contributed by atoms with Crippen LogP contribution in [0.4, 0.5) is 8.78 Å². The van der Waals surface area contributed by atoms with Crippen LogP contribution in [0.2, 0.25) is 0 Å². The summed E-state index contributed by atoms with van der Waals surface area (Å²) in [6.45, 7) is 3.64. The molecule has 0 aliphatic heterocycles. The van der Waals surface area contributed by atoms with E-state index in [0.29, 0.717) is 11.3 Å². The second-order valence-electron chi connectivity index (χ2n) is 3.99. The molecule has 0 aromatic heterocycles. The van der Waals surface area contributed by atoms with Crippen molar-refractivity contribution in [1.29, 1.82) is 0 Å². The van der Waals surface area contributed by atoms with Crippen molar-refractivity contribution in [3.8, 4) is 5.75 Å². The molecule has 94 valence electrons. The fourth-order valence-electron chi connectivity index (χ4n) is 1.50. The van der Waals surface area contributed by atoms with Crippen molar-refractivity contribution in [3.05, 3.63) is 29.3 Å². The molecular formula is C12H14F2O3. The number of methoxy groups -OCH3 is 1. The Morgan fingerprint density at radius 3 is 2.41 bits per heavy atom. The van der Waals surface area contributed by atoms with Gasteiger partial charge in [-0.3, -0.25) is 0 Å². The number of benzene rings is 1. The number of carboxylic acid groups (broad SMARTS) is 1. The second-order valence-corrected chi connectivity index (χ2v) is 3.99. The van der Waals surface area contributed by atoms with E-state index in [-0.39, 0.29) is 5.92 Å². The average Bonchev–Trinajstić information content (AvgIpc) is 2.27. The second kappa shape index (κ2) is 4.69. The Morgan fingerprint density at radius 2 is 2.00 bits per heavy atom. The molecule has 0 amide bonds. The topological polar surface area (TPSA) is 46.5 Å². The lowest BCUT2D eigenvalue weighted by Crippen LogP contribution is -2.25. The highest BCUT2D eigenvalue weighted by Gasteiger charge is 2.41. The number of carbonyl (C=O) groups is 1. The predicted octanol–water partition coefficient (Wildman–Crippen LogP) is 3.00. The zero-order valence-corrected chi connectivity index (χ0v) is 9.83. The van der Waals surface area contributed by atoms with Crippen LogP contribution in [0.25, 0.3) is 0 Å². The van der Waals surface area contributed by atoms with Gasteiger partial charge in [0.15, 0.2) is 0 Å². The third-order valence-corrected chi connectivity index (χ3v) is 2.48. The molecule has 0 saturated heterocycles. The highest BCUT2D eigenvalue weighted by atomic mass is 19.3. The first kappa shape index (κ1) is 13.4. The predicted molar refractivity (Wildman–Crippen MR) is 58.6 cm³/mol. The third kappa shape index (κ3) is 2.54. The SMILES string of the molecule is COc1ccc(C(F)(F)C(=O)O)cc1C(C)C. The van der Waals surface area contributed by atoms with E-state index in [1.807, 2.05) is 13.8 Å². The highest BCUT2D eigenvalue weighted by molar-refractivity contribution is 5.77. The summed E-state index contributed by atoms with van der Waals surface area (Å²) in [5.41, 5.74) is 0.0282. The molecule has 0 aliphatic rings. The molecule has 0 radical (unpaired) electrons. The van der Waals surface area contributed by atoms with Crippen LogP contribution in [0, 0.1) is 0 Å². The molecule has 0 heterocycles. The maximum Gasteiger partial charge on any atom is 0.379 e. The van der Waals surface area contributed by atoms with Crippen molar-refractivity contribution in [2.75, 3.05) is 7.11 Å². The first-order valence-electron chi connectivity index (χ1n) is 5.10. The summed E-state index contributed by atoms with van der Waals surface area (Å²) in [4.78, 5) is 10.5. The van der Waals surface area contributed by atoms with Crippen LogP contribution >= 0.6 is 0 Å². The monoisotopic (exact) mass is 244 g/mol. The van der Waals surface area contributed by atoms with Crippen LogP contribution in [0.5, 0.6) is 5.75 Å². The first-order valence-corrected chi connectivity index (χ1v) is 5.10. The number of ether oxygens (including phenoxy) is 1. The number of carboxylic acids is 1. The molecule has 1 rings (SSSR count). The van der Waals surface area contributed by atoms with Gasteiger partial charge in [-0.2, -0.15) is 8.78 Å². The van der Waals surface area contributed by atoms with Gasteiger partial charge in [0.2, 0.25) is 0 Å². The van der Waals surface area contributed by atoms with Crippen molar-refractivity contribution >= 4 is 5.97 Å². The summed E-state index contributed by atoms with van der Waals surface area (Å²) < 4.78 is 31.7. The van der Waals surface area contributed by atoms with Crippen LogP contribution in [0.1, 0.15) is 30.9 Å². The molecule has 0 unspecified atom stereocenters. The van der Waals surface area contributed by atoms with E-state index in [0.717, 1.165) is 6.07 Å². The van der Waals surface area contributed by atoms with Crippen molar-refractivity contribution in [2.24, 2.45) is 0 Å². The van der Waals surface area contributed by atoms with E-state index in [2.05, 4.69) is 0 Å².